The third-order valence-corrected chi connectivity index (χ3v) is 5.86. The number of benzene rings is 2. The zero-order valence-electron chi connectivity index (χ0n) is 16.0. The second-order valence-electron chi connectivity index (χ2n) is 7.56. The number of piperidine rings is 1. The fraction of sp³-hybridized carbons (Fsp3) is 0.391. The normalized spacial score (nSPS) is 24.4. The van der Waals surface area contributed by atoms with Gasteiger partial charge in [-0.3, -0.25) is 9.69 Å². The van der Waals surface area contributed by atoms with Gasteiger partial charge in [-0.25, -0.2) is 0 Å². The average Bonchev–Trinajstić information content (AvgIpc) is 2.73. The Hall–Kier alpha value is -2.68. The zero-order valence-corrected chi connectivity index (χ0v) is 16.0. The van der Waals surface area contributed by atoms with Gasteiger partial charge in [0.2, 0.25) is 0 Å². The maximum absolute atomic E-state index is 13.2. The van der Waals surface area contributed by atoms with Crippen LogP contribution in [-0.2, 0) is 11.3 Å². The van der Waals surface area contributed by atoms with E-state index < -0.39 is 0 Å². The van der Waals surface area contributed by atoms with E-state index in [4.69, 9.17) is 14.7 Å². The van der Waals surface area contributed by atoms with Gasteiger partial charge in [0.25, 0.3) is 0 Å². The van der Waals surface area contributed by atoms with Crippen LogP contribution in [0.1, 0.15) is 34.3 Å². The van der Waals surface area contributed by atoms with E-state index in [1.54, 1.807) is 18.2 Å². The van der Waals surface area contributed by atoms with E-state index in [9.17, 15) is 4.79 Å². The molecule has 2 atom stereocenters. The molecule has 0 saturated carbocycles. The molecule has 0 aromatic heterocycles. The lowest BCUT2D eigenvalue weighted by Crippen LogP contribution is -2.57. The number of nitriles is 1. The van der Waals surface area contributed by atoms with Crippen molar-refractivity contribution in [3.63, 3.8) is 0 Å². The molecule has 2 saturated heterocycles. The molecular weight excluding hydrogens is 352 g/mol. The summed E-state index contributed by atoms with van der Waals surface area (Å²) in [7, 11) is 1.52. The SMILES string of the molecule is COc1cc(C(=O)C2CC3COCC(C2)N3Cc2ccccc2)ccc1C#N. The number of ether oxygens (including phenoxy) is 2. The largest absolute Gasteiger partial charge is 0.495 e. The summed E-state index contributed by atoms with van der Waals surface area (Å²) in [6.07, 6.45) is 1.59. The van der Waals surface area contributed by atoms with Crippen LogP contribution in [0.25, 0.3) is 0 Å². The highest BCUT2D eigenvalue weighted by Gasteiger charge is 2.41. The molecule has 0 spiro atoms. The van der Waals surface area contributed by atoms with Crippen LogP contribution in [0.15, 0.2) is 48.5 Å². The first-order valence-corrected chi connectivity index (χ1v) is 9.69. The summed E-state index contributed by atoms with van der Waals surface area (Å²) in [6.45, 7) is 2.23. The van der Waals surface area contributed by atoms with Crippen molar-refractivity contribution in [2.45, 2.75) is 31.5 Å². The molecule has 144 valence electrons. The van der Waals surface area contributed by atoms with Crippen molar-refractivity contribution >= 4 is 5.78 Å². The second-order valence-corrected chi connectivity index (χ2v) is 7.56. The molecule has 2 bridgehead atoms. The lowest BCUT2D eigenvalue weighted by molar-refractivity contribution is -0.0872. The predicted molar refractivity (Wildman–Crippen MR) is 105 cm³/mol. The quantitative estimate of drug-likeness (QED) is 0.748. The fourth-order valence-corrected chi connectivity index (χ4v) is 4.43. The molecule has 0 amide bonds. The highest BCUT2D eigenvalue weighted by atomic mass is 16.5. The van der Waals surface area contributed by atoms with Gasteiger partial charge in [0.1, 0.15) is 11.8 Å². The van der Waals surface area contributed by atoms with Gasteiger partial charge in [-0.1, -0.05) is 30.3 Å². The lowest BCUT2D eigenvalue weighted by atomic mass is 9.80. The van der Waals surface area contributed by atoms with Crippen molar-refractivity contribution in [2.24, 2.45) is 5.92 Å². The van der Waals surface area contributed by atoms with E-state index in [1.807, 2.05) is 6.07 Å². The summed E-state index contributed by atoms with van der Waals surface area (Å²) in [5, 5.41) is 9.15. The number of carbonyl (C=O) groups is 1. The number of nitrogens with zero attached hydrogens (tertiary/aromatic N) is 2. The summed E-state index contributed by atoms with van der Waals surface area (Å²) in [6, 6.07) is 18.2. The molecule has 4 rings (SSSR count). The van der Waals surface area contributed by atoms with Crippen LogP contribution in [0, 0.1) is 17.2 Å². The van der Waals surface area contributed by atoms with Crippen LogP contribution in [0.2, 0.25) is 0 Å². The van der Waals surface area contributed by atoms with Gasteiger partial charge < -0.3 is 9.47 Å². The Balaban J connectivity index is 1.51. The number of ketones is 1. The summed E-state index contributed by atoms with van der Waals surface area (Å²) < 4.78 is 11.1. The Labute approximate surface area is 165 Å². The zero-order chi connectivity index (χ0) is 19.5. The monoisotopic (exact) mass is 376 g/mol. The maximum atomic E-state index is 13.2. The van der Waals surface area contributed by atoms with E-state index in [1.165, 1.54) is 12.7 Å². The van der Waals surface area contributed by atoms with Crippen molar-refractivity contribution in [3.05, 3.63) is 65.2 Å². The Kier molecular flexibility index (Phi) is 5.43. The summed E-state index contributed by atoms with van der Waals surface area (Å²) in [5.74, 6) is 0.570. The molecule has 2 unspecified atom stereocenters. The average molecular weight is 376 g/mol. The third-order valence-electron chi connectivity index (χ3n) is 5.86. The molecule has 5 nitrogen and oxygen atoms in total. The standard InChI is InChI=1S/C23H24N2O3/c1-27-22-11-17(7-8-18(22)12-24)23(26)19-9-20-14-28-15-21(10-19)25(20)13-16-5-3-2-4-6-16/h2-8,11,19-21H,9-10,13-15H2,1H3. The van der Waals surface area contributed by atoms with Crippen molar-refractivity contribution in [1.82, 2.24) is 4.90 Å². The van der Waals surface area contributed by atoms with E-state index in [0.717, 1.165) is 19.4 Å². The number of hydrogen-bond acceptors (Lipinski definition) is 5. The summed E-state index contributed by atoms with van der Waals surface area (Å²) >= 11 is 0. The van der Waals surface area contributed by atoms with Crippen LogP contribution >= 0.6 is 0 Å². The van der Waals surface area contributed by atoms with Crippen molar-refractivity contribution in [1.29, 1.82) is 5.26 Å². The number of carbonyl (C=O) groups excluding carboxylic acids is 1. The van der Waals surface area contributed by atoms with Gasteiger partial charge in [-0.05, 0) is 36.6 Å². The molecule has 2 heterocycles. The Morgan fingerprint density at radius 3 is 2.54 bits per heavy atom. The van der Waals surface area contributed by atoms with Crippen molar-refractivity contribution < 1.29 is 14.3 Å². The second kappa shape index (κ2) is 8.14. The van der Waals surface area contributed by atoms with Crippen LogP contribution in [0.4, 0.5) is 0 Å². The molecule has 2 fully saturated rings. The third kappa shape index (κ3) is 3.66. The molecule has 0 N–H and O–H groups in total. The summed E-state index contributed by atoms with van der Waals surface area (Å²) in [5.41, 5.74) is 2.36. The van der Waals surface area contributed by atoms with Crippen LogP contribution < -0.4 is 4.74 Å². The van der Waals surface area contributed by atoms with Crippen LogP contribution in [-0.4, -0.2) is 43.1 Å². The minimum Gasteiger partial charge on any atom is -0.495 e. The van der Waals surface area contributed by atoms with E-state index in [-0.39, 0.29) is 23.8 Å². The number of Topliss-reactive ketones (excluding diaryl/α,β-unsaturated/α-hetero) is 1. The molecule has 2 aliphatic heterocycles. The van der Waals surface area contributed by atoms with Crippen LogP contribution in [0.5, 0.6) is 5.75 Å². The van der Waals surface area contributed by atoms with Gasteiger partial charge in [-0.2, -0.15) is 5.26 Å². The molecule has 5 heteroatoms. The molecule has 0 aliphatic carbocycles. The topological polar surface area (TPSA) is 62.6 Å². The van der Waals surface area contributed by atoms with Gasteiger partial charge in [0.05, 0.1) is 25.9 Å². The van der Waals surface area contributed by atoms with Gasteiger partial charge in [0, 0.05) is 30.1 Å². The first kappa shape index (κ1) is 18.7. The minimum absolute atomic E-state index is 0.0245. The number of hydrogen-bond donors (Lipinski definition) is 0. The molecule has 28 heavy (non-hydrogen) atoms. The summed E-state index contributed by atoms with van der Waals surface area (Å²) in [4.78, 5) is 15.7. The number of fused-ring (bicyclic) bond motifs is 2. The number of morpholine rings is 1. The molecule has 2 aliphatic rings. The first-order valence-electron chi connectivity index (χ1n) is 9.69. The van der Waals surface area contributed by atoms with E-state index >= 15 is 0 Å². The lowest BCUT2D eigenvalue weighted by Gasteiger charge is -2.48. The smallest absolute Gasteiger partial charge is 0.166 e. The molecule has 0 radical (unpaired) electrons. The fourth-order valence-electron chi connectivity index (χ4n) is 4.43. The Bertz CT molecular complexity index is 876. The Morgan fingerprint density at radius 1 is 1.18 bits per heavy atom. The Morgan fingerprint density at radius 2 is 1.89 bits per heavy atom. The maximum Gasteiger partial charge on any atom is 0.166 e. The van der Waals surface area contributed by atoms with Crippen molar-refractivity contribution in [2.75, 3.05) is 20.3 Å². The van der Waals surface area contributed by atoms with Gasteiger partial charge in [0.15, 0.2) is 5.78 Å². The van der Waals surface area contributed by atoms with E-state index in [0.29, 0.717) is 30.1 Å². The van der Waals surface area contributed by atoms with Crippen LogP contribution in [0.3, 0.4) is 0 Å². The highest BCUT2D eigenvalue weighted by Crippen LogP contribution is 2.35. The number of rotatable bonds is 5. The van der Waals surface area contributed by atoms with Crippen molar-refractivity contribution in [3.8, 4) is 11.8 Å². The van der Waals surface area contributed by atoms with Gasteiger partial charge in [-0.15, -0.1) is 0 Å². The highest BCUT2D eigenvalue weighted by molar-refractivity contribution is 5.98. The van der Waals surface area contributed by atoms with Gasteiger partial charge >= 0.3 is 0 Å². The van der Waals surface area contributed by atoms with E-state index in [2.05, 4.69) is 35.2 Å². The predicted octanol–water partition coefficient (Wildman–Crippen LogP) is 3.43. The first-order chi connectivity index (χ1) is 13.7. The molecule has 2 aromatic rings. The molecule has 2 aromatic carbocycles. The minimum atomic E-state index is -0.0245. The molecular formula is C23H24N2O3. The number of methoxy groups -OCH3 is 1.